The van der Waals surface area contributed by atoms with Crippen LogP contribution < -0.4 is 5.32 Å². The van der Waals surface area contributed by atoms with Crippen LogP contribution in [-0.4, -0.2) is 26.3 Å². The Labute approximate surface area is 149 Å². The largest absolute Gasteiger partial charge is 0.508 e. The third-order valence-electron chi connectivity index (χ3n) is 3.33. The second kappa shape index (κ2) is 8.26. The zero-order chi connectivity index (χ0) is 19.1. The highest BCUT2D eigenvalue weighted by Crippen LogP contribution is 2.25. The van der Waals surface area contributed by atoms with E-state index in [1.807, 2.05) is 0 Å². The summed E-state index contributed by atoms with van der Waals surface area (Å²) in [4.78, 5) is 12.0. The van der Waals surface area contributed by atoms with E-state index in [1.165, 1.54) is 36.4 Å². The molecule has 0 unspecified atom stereocenters. The number of hydrogen-bond donors (Lipinski definition) is 5. The molecule has 0 aliphatic carbocycles. The number of carbonyl (C=O) groups excluding carboxylic acids is 1. The number of aromatic hydroxyl groups is 4. The molecule has 0 bridgehead atoms. The van der Waals surface area contributed by atoms with Crippen molar-refractivity contribution in [3.8, 4) is 29.1 Å². The molecule has 0 aromatic heterocycles. The standard InChI is InChI=1S/C19H16N2O5/c20-10-14(3-1-2-12-4-5-17(24)18(25)8-12)19(26)21-11-13-6-15(22)9-16(23)7-13/h1-9,22-25H,11H2,(H,21,26)/b2-1+,14-3+. The lowest BCUT2D eigenvalue weighted by molar-refractivity contribution is -0.117. The molecule has 0 saturated heterocycles. The Balaban J connectivity index is 2.03. The molecule has 7 nitrogen and oxygen atoms in total. The van der Waals surface area contributed by atoms with Crippen molar-refractivity contribution in [1.29, 1.82) is 5.26 Å². The summed E-state index contributed by atoms with van der Waals surface area (Å²) < 4.78 is 0. The number of phenols is 4. The van der Waals surface area contributed by atoms with E-state index in [9.17, 15) is 25.2 Å². The molecule has 132 valence electrons. The Bertz CT molecular complexity index is 906. The quantitative estimate of drug-likeness (QED) is 0.243. The van der Waals surface area contributed by atoms with Crippen molar-refractivity contribution >= 4 is 12.0 Å². The number of rotatable bonds is 5. The number of amides is 1. The Morgan fingerprint density at radius 2 is 1.73 bits per heavy atom. The number of nitriles is 1. The maximum absolute atomic E-state index is 12.0. The highest BCUT2D eigenvalue weighted by molar-refractivity contribution is 5.97. The van der Waals surface area contributed by atoms with Crippen LogP contribution in [0, 0.1) is 11.3 Å². The highest BCUT2D eigenvalue weighted by atomic mass is 16.3. The molecule has 0 aliphatic heterocycles. The maximum atomic E-state index is 12.0. The minimum absolute atomic E-state index is 0.0232. The van der Waals surface area contributed by atoms with Gasteiger partial charge in [0.05, 0.1) is 0 Å². The second-order valence-electron chi connectivity index (χ2n) is 5.34. The van der Waals surface area contributed by atoms with Gasteiger partial charge in [0.2, 0.25) is 0 Å². The molecule has 5 N–H and O–H groups in total. The summed E-state index contributed by atoms with van der Waals surface area (Å²) in [6, 6.07) is 9.92. The number of hydrogen-bond acceptors (Lipinski definition) is 6. The van der Waals surface area contributed by atoms with Gasteiger partial charge in [-0.1, -0.05) is 18.2 Å². The third kappa shape index (κ3) is 5.04. The number of benzene rings is 2. The summed E-state index contributed by atoms with van der Waals surface area (Å²) in [7, 11) is 0. The van der Waals surface area contributed by atoms with Crippen molar-refractivity contribution in [1.82, 2.24) is 5.32 Å². The Morgan fingerprint density at radius 3 is 2.35 bits per heavy atom. The average molecular weight is 352 g/mol. The Morgan fingerprint density at radius 1 is 1.04 bits per heavy atom. The highest BCUT2D eigenvalue weighted by Gasteiger charge is 2.08. The topological polar surface area (TPSA) is 134 Å². The van der Waals surface area contributed by atoms with E-state index in [0.29, 0.717) is 11.1 Å². The van der Waals surface area contributed by atoms with E-state index in [0.717, 1.165) is 6.07 Å². The molecule has 7 heteroatoms. The van der Waals surface area contributed by atoms with Crippen molar-refractivity contribution in [3.05, 3.63) is 65.3 Å². The molecular formula is C19H16N2O5. The molecule has 2 aromatic carbocycles. The molecule has 0 radical (unpaired) electrons. The molecular weight excluding hydrogens is 336 g/mol. The fourth-order valence-corrected chi connectivity index (χ4v) is 2.10. The van der Waals surface area contributed by atoms with Crippen LogP contribution in [0.1, 0.15) is 11.1 Å². The lowest BCUT2D eigenvalue weighted by Crippen LogP contribution is -2.23. The first-order valence-corrected chi connectivity index (χ1v) is 7.49. The molecule has 0 fully saturated rings. The molecule has 26 heavy (non-hydrogen) atoms. The molecule has 0 spiro atoms. The van der Waals surface area contributed by atoms with Crippen LogP contribution >= 0.6 is 0 Å². The van der Waals surface area contributed by atoms with Crippen LogP contribution in [0.4, 0.5) is 0 Å². The van der Waals surface area contributed by atoms with Gasteiger partial charge in [0, 0.05) is 12.6 Å². The van der Waals surface area contributed by atoms with E-state index in [1.54, 1.807) is 18.2 Å². The summed E-state index contributed by atoms with van der Waals surface area (Å²) in [5.74, 6) is -1.40. The van der Waals surface area contributed by atoms with Gasteiger partial charge in [-0.05, 0) is 41.5 Å². The molecule has 0 aliphatic rings. The minimum Gasteiger partial charge on any atom is -0.508 e. The molecule has 0 heterocycles. The summed E-state index contributed by atoms with van der Waals surface area (Å²) in [5.41, 5.74) is 0.904. The fraction of sp³-hybridized carbons (Fsp3) is 0.0526. The second-order valence-corrected chi connectivity index (χ2v) is 5.34. The first-order valence-electron chi connectivity index (χ1n) is 7.49. The number of nitrogens with one attached hydrogen (secondary N) is 1. The zero-order valence-corrected chi connectivity index (χ0v) is 13.5. The predicted octanol–water partition coefficient (Wildman–Crippen LogP) is 2.29. The molecule has 0 saturated carbocycles. The summed E-state index contributed by atoms with van der Waals surface area (Å²) in [6.07, 6.45) is 4.32. The van der Waals surface area contributed by atoms with Gasteiger partial charge in [-0.3, -0.25) is 4.79 Å². The van der Waals surface area contributed by atoms with Crippen LogP contribution in [0.15, 0.2) is 54.1 Å². The van der Waals surface area contributed by atoms with Gasteiger partial charge >= 0.3 is 0 Å². The van der Waals surface area contributed by atoms with E-state index in [4.69, 9.17) is 5.26 Å². The van der Waals surface area contributed by atoms with E-state index in [2.05, 4.69) is 5.32 Å². The molecule has 2 aromatic rings. The van der Waals surface area contributed by atoms with Gasteiger partial charge < -0.3 is 25.7 Å². The fourth-order valence-electron chi connectivity index (χ4n) is 2.10. The van der Waals surface area contributed by atoms with Crippen molar-refractivity contribution in [2.45, 2.75) is 6.54 Å². The third-order valence-corrected chi connectivity index (χ3v) is 3.33. The van der Waals surface area contributed by atoms with E-state index in [-0.39, 0.29) is 35.1 Å². The summed E-state index contributed by atoms with van der Waals surface area (Å²) >= 11 is 0. The van der Waals surface area contributed by atoms with Gasteiger partial charge in [-0.15, -0.1) is 0 Å². The van der Waals surface area contributed by atoms with Crippen LogP contribution in [0.25, 0.3) is 6.08 Å². The lowest BCUT2D eigenvalue weighted by Gasteiger charge is -2.05. The van der Waals surface area contributed by atoms with Gasteiger partial charge in [-0.25, -0.2) is 0 Å². The Kier molecular flexibility index (Phi) is 5.85. The van der Waals surface area contributed by atoms with Crippen LogP contribution in [0.5, 0.6) is 23.0 Å². The van der Waals surface area contributed by atoms with E-state index >= 15 is 0 Å². The number of phenolic OH excluding ortho intramolecular Hbond substituents is 4. The van der Waals surface area contributed by atoms with Crippen LogP contribution in [0.2, 0.25) is 0 Å². The SMILES string of the molecule is N#C/C(=C\C=C\c1ccc(O)c(O)c1)C(=O)NCc1cc(O)cc(O)c1. The smallest absolute Gasteiger partial charge is 0.262 e. The summed E-state index contributed by atoms with van der Waals surface area (Å²) in [6.45, 7) is 0.0232. The minimum atomic E-state index is -0.617. The Hall–Kier alpha value is -3.92. The first kappa shape index (κ1) is 18.4. The number of carbonyl (C=O) groups is 1. The van der Waals surface area contributed by atoms with Crippen molar-refractivity contribution in [3.63, 3.8) is 0 Å². The maximum Gasteiger partial charge on any atom is 0.262 e. The number of nitrogens with zero attached hydrogens (tertiary/aromatic N) is 1. The normalized spacial score (nSPS) is 11.3. The average Bonchev–Trinajstić information content (AvgIpc) is 2.59. The van der Waals surface area contributed by atoms with Gasteiger partial charge in [0.25, 0.3) is 5.91 Å². The monoisotopic (exact) mass is 352 g/mol. The summed E-state index contributed by atoms with van der Waals surface area (Å²) in [5, 5.41) is 49.0. The van der Waals surface area contributed by atoms with Crippen LogP contribution in [0.3, 0.4) is 0 Å². The van der Waals surface area contributed by atoms with Gasteiger partial charge in [0.15, 0.2) is 11.5 Å². The van der Waals surface area contributed by atoms with E-state index < -0.39 is 5.91 Å². The first-order chi connectivity index (χ1) is 12.4. The van der Waals surface area contributed by atoms with Gasteiger partial charge in [-0.2, -0.15) is 5.26 Å². The zero-order valence-electron chi connectivity index (χ0n) is 13.5. The van der Waals surface area contributed by atoms with Crippen molar-refractivity contribution in [2.75, 3.05) is 0 Å². The van der Waals surface area contributed by atoms with Gasteiger partial charge in [0.1, 0.15) is 23.1 Å². The van der Waals surface area contributed by atoms with Crippen molar-refractivity contribution in [2.24, 2.45) is 0 Å². The molecule has 0 atom stereocenters. The molecule has 1 amide bonds. The predicted molar refractivity (Wildman–Crippen MR) is 94.1 cm³/mol. The van der Waals surface area contributed by atoms with Crippen LogP contribution in [-0.2, 0) is 11.3 Å². The lowest BCUT2D eigenvalue weighted by atomic mass is 10.1. The molecule has 2 rings (SSSR count). The van der Waals surface area contributed by atoms with Crippen molar-refractivity contribution < 1.29 is 25.2 Å². The number of allylic oxidation sites excluding steroid dienone is 2.